The minimum absolute atomic E-state index is 0.172. The van der Waals surface area contributed by atoms with Crippen LogP contribution in [0.2, 0.25) is 0 Å². The van der Waals surface area contributed by atoms with Crippen molar-refractivity contribution in [2.75, 3.05) is 31.9 Å². The Morgan fingerprint density at radius 2 is 2.12 bits per heavy atom. The Labute approximate surface area is 157 Å². The fourth-order valence-corrected chi connectivity index (χ4v) is 4.57. The zero-order valence-electron chi connectivity index (χ0n) is 16.9. The van der Waals surface area contributed by atoms with E-state index in [1.54, 1.807) is 13.8 Å². The zero-order valence-corrected chi connectivity index (χ0v) is 17.7. The summed E-state index contributed by atoms with van der Waals surface area (Å²) >= 11 is 0. The molecule has 0 radical (unpaired) electrons. The smallest absolute Gasteiger partial charge is 0.194 e. The van der Waals surface area contributed by atoms with Crippen LogP contribution in [-0.4, -0.2) is 65.7 Å². The lowest BCUT2D eigenvalue weighted by molar-refractivity contribution is 0.351. The highest BCUT2D eigenvalue weighted by molar-refractivity contribution is 7.92. The molecule has 0 saturated carbocycles. The Kier molecular flexibility index (Phi) is 6.37. The van der Waals surface area contributed by atoms with Gasteiger partial charge in [-0.3, -0.25) is 9.67 Å². The molecule has 0 bridgehead atoms. The van der Waals surface area contributed by atoms with Gasteiger partial charge in [0.25, 0.3) is 0 Å². The van der Waals surface area contributed by atoms with Crippen molar-refractivity contribution in [1.29, 1.82) is 0 Å². The molecule has 0 amide bonds. The number of guanidine groups is 1. The second-order valence-electron chi connectivity index (χ2n) is 7.91. The van der Waals surface area contributed by atoms with E-state index in [1.807, 2.05) is 18.5 Å². The van der Waals surface area contributed by atoms with Crippen LogP contribution >= 0.6 is 0 Å². The average molecular weight is 384 g/mol. The molecule has 1 aromatic heterocycles. The summed E-state index contributed by atoms with van der Waals surface area (Å²) in [5.41, 5.74) is 2.19. The van der Waals surface area contributed by atoms with Crippen molar-refractivity contribution in [1.82, 2.24) is 20.0 Å². The first-order valence-electron chi connectivity index (χ1n) is 9.32. The number of nitrogens with zero attached hydrogens (tertiary/aromatic N) is 4. The largest absolute Gasteiger partial charge is 0.357 e. The molecule has 1 atom stereocenters. The molecule has 1 aromatic rings. The van der Waals surface area contributed by atoms with Gasteiger partial charge in [0.05, 0.1) is 16.2 Å². The predicted octanol–water partition coefficient (Wildman–Crippen LogP) is 1.61. The second-order valence-corrected chi connectivity index (χ2v) is 10.7. The summed E-state index contributed by atoms with van der Waals surface area (Å²) in [5, 5.41) is 7.82. The first kappa shape index (κ1) is 20.7. The maximum absolute atomic E-state index is 12.2. The number of hydrogen-bond acceptors (Lipinski definition) is 4. The van der Waals surface area contributed by atoms with Gasteiger partial charge in [-0.25, -0.2) is 8.42 Å². The van der Waals surface area contributed by atoms with Gasteiger partial charge in [-0.1, -0.05) is 6.92 Å². The third kappa shape index (κ3) is 4.78. The van der Waals surface area contributed by atoms with Crippen LogP contribution < -0.4 is 5.32 Å². The van der Waals surface area contributed by atoms with Crippen molar-refractivity contribution >= 4 is 15.8 Å². The summed E-state index contributed by atoms with van der Waals surface area (Å²) in [6.45, 7) is 15.1. The topological polar surface area (TPSA) is 79.6 Å². The van der Waals surface area contributed by atoms with E-state index in [1.165, 1.54) is 0 Å². The monoisotopic (exact) mass is 383 g/mol. The molecule has 1 unspecified atom stereocenters. The Morgan fingerprint density at radius 3 is 2.65 bits per heavy atom. The van der Waals surface area contributed by atoms with Crippen LogP contribution in [0, 0.1) is 19.8 Å². The van der Waals surface area contributed by atoms with E-state index < -0.39 is 14.6 Å². The summed E-state index contributed by atoms with van der Waals surface area (Å²) in [4.78, 5) is 6.85. The molecule has 0 spiro atoms. The predicted molar refractivity (Wildman–Crippen MR) is 106 cm³/mol. The SMILES string of the molecule is CCNC(=NCC(C)Cn1nc(C)cc1C)N1CCS(=O)(=O)C(C)(C)C1. The third-order valence-electron chi connectivity index (χ3n) is 4.82. The molecule has 2 rings (SSSR count). The quantitative estimate of drug-likeness (QED) is 0.617. The van der Waals surface area contributed by atoms with Crippen molar-refractivity contribution in [2.24, 2.45) is 10.9 Å². The molecule has 1 aliphatic rings. The lowest BCUT2D eigenvalue weighted by Gasteiger charge is -2.39. The second kappa shape index (κ2) is 7.98. The Hall–Kier alpha value is -1.57. The molecule has 1 fully saturated rings. The van der Waals surface area contributed by atoms with Gasteiger partial charge in [0, 0.05) is 38.4 Å². The van der Waals surface area contributed by atoms with E-state index in [4.69, 9.17) is 4.99 Å². The van der Waals surface area contributed by atoms with Crippen LogP contribution in [0.3, 0.4) is 0 Å². The van der Waals surface area contributed by atoms with Gasteiger partial charge < -0.3 is 10.2 Å². The van der Waals surface area contributed by atoms with Crippen LogP contribution in [0.1, 0.15) is 39.1 Å². The minimum Gasteiger partial charge on any atom is -0.357 e. The molecule has 1 saturated heterocycles. The average Bonchev–Trinajstić information content (AvgIpc) is 2.84. The van der Waals surface area contributed by atoms with E-state index in [0.717, 1.165) is 30.4 Å². The van der Waals surface area contributed by atoms with Crippen molar-refractivity contribution in [2.45, 2.75) is 52.8 Å². The normalized spacial score (nSPS) is 20.8. The highest BCUT2D eigenvalue weighted by atomic mass is 32.2. The van der Waals surface area contributed by atoms with Crippen molar-refractivity contribution in [3.8, 4) is 0 Å². The molecule has 1 aliphatic heterocycles. The van der Waals surface area contributed by atoms with Crippen molar-refractivity contribution < 1.29 is 8.42 Å². The maximum Gasteiger partial charge on any atom is 0.194 e. The molecule has 7 nitrogen and oxygen atoms in total. The van der Waals surface area contributed by atoms with Gasteiger partial charge >= 0.3 is 0 Å². The van der Waals surface area contributed by atoms with Gasteiger partial charge in [0.15, 0.2) is 15.8 Å². The molecule has 148 valence electrons. The summed E-state index contributed by atoms with van der Waals surface area (Å²) in [5.74, 6) is 1.31. The summed E-state index contributed by atoms with van der Waals surface area (Å²) < 4.78 is 25.7. The molecular weight excluding hydrogens is 350 g/mol. The lowest BCUT2D eigenvalue weighted by atomic mass is 10.2. The number of nitrogens with one attached hydrogen (secondary N) is 1. The number of aliphatic imine (C=N–C) groups is 1. The molecule has 2 heterocycles. The van der Waals surface area contributed by atoms with Crippen LogP contribution in [0.15, 0.2) is 11.1 Å². The highest BCUT2D eigenvalue weighted by Crippen LogP contribution is 2.23. The number of hydrogen-bond donors (Lipinski definition) is 1. The van der Waals surface area contributed by atoms with Gasteiger partial charge in [0.2, 0.25) is 0 Å². The number of rotatable bonds is 5. The third-order valence-corrected chi connectivity index (χ3v) is 7.35. The molecule has 26 heavy (non-hydrogen) atoms. The standard InChI is InChI=1S/C18H33N5O2S/c1-7-19-17(22-8-9-26(24,25)18(5,6)13-22)20-11-14(2)12-23-16(4)10-15(3)21-23/h10,14H,7-9,11-13H2,1-6H3,(H,19,20). The summed E-state index contributed by atoms with van der Waals surface area (Å²) in [7, 11) is -3.05. The minimum atomic E-state index is -3.05. The Morgan fingerprint density at radius 1 is 1.42 bits per heavy atom. The fraction of sp³-hybridized carbons (Fsp3) is 0.778. The van der Waals surface area contributed by atoms with E-state index >= 15 is 0 Å². The van der Waals surface area contributed by atoms with Gasteiger partial charge in [-0.05, 0) is 46.6 Å². The maximum atomic E-state index is 12.2. The molecule has 0 aliphatic carbocycles. The lowest BCUT2D eigenvalue weighted by Crippen LogP contribution is -2.57. The highest BCUT2D eigenvalue weighted by Gasteiger charge is 2.40. The first-order valence-corrected chi connectivity index (χ1v) is 11.0. The van der Waals surface area contributed by atoms with Crippen molar-refractivity contribution in [3.63, 3.8) is 0 Å². The van der Waals surface area contributed by atoms with Gasteiger partial charge in [0.1, 0.15) is 0 Å². The van der Waals surface area contributed by atoms with E-state index in [2.05, 4.69) is 35.2 Å². The van der Waals surface area contributed by atoms with E-state index in [-0.39, 0.29) is 5.75 Å². The van der Waals surface area contributed by atoms with Crippen LogP contribution in [0.4, 0.5) is 0 Å². The summed E-state index contributed by atoms with van der Waals surface area (Å²) in [6.07, 6.45) is 0. The molecule has 0 aromatic carbocycles. The fourth-order valence-electron chi connectivity index (χ4n) is 3.21. The number of aromatic nitrogens is 2. The Balaban J connectivity index is 2.05. The molecular formula is C18H33N5O2S. The van der Waals surface area contributed by atoms with E-state index in [9.17, 15) is 8.42 Å². The number of aryl methyl sites for hydroxylation is 2. The zero-order chi connectivity index (χ0) is 19.5. The molecule has 8 heteroatoms. The van der Waals surface area contributed by atoms with Crippen molar-refractivity contribution in [3.05, 3.63) is 17.5 Å². The Bertz CT molecular complexity index is 752. The molecule has 1 N–H and O–H groups in total. The number of sulfone groups is 1. The van der Waals surface area contributed by atoms with E-state index in [0.29, 0.717) is 25.6 Å². The summed E-state index contributed by atoms with van der Waals surface area (Å²) in [6, 6.07) is 2.08. The van der Waals surface area contributed by atoms with Crippen LogP contribution in [0.25, 0.3) is 0 Å². The van der Waals surface area contributed by atoms with Crippen LogP contribution in [-0.2, 0) is 16.4 Å². The van der Waals surface area contributed by atoms with Gasteiger partial charge in [-0.15, -0.1) is 0 Å². The van der Waals surface area contributed by atoms with Gasteiger partial charge in [-0.2, -0.15) is 5.10 Å². The first-order chi connectivity index (χ1) is 12.1. The van der Waals surface area contributed by atoms with Crippen LogP contribution in [0.5, 0.6) is 0 Å².